The molecule has 2 rings (SSSR count). The Labute approximate surface area is 101 Å². The molecule has 0 unspecified atom stereocenters. The topological polar surface area (TPSA) is 60.2 Å². The smallest absolute Gasteiger partial charge is 0.185 e. The third-order valence-corrected chi connectivity index (χ3v) is 6.20. The van der Waals surface area contributed by atoms with Gasteiger partial charge in [-0.2, -0.15) is 0 Å². The van der Waals surface area contributed by atoms with Crippen molar-refractivity contribution in [3.63, 3.8) is 0 Å². The van der Waals surface area contributed by atoms with E-state index in [2.05, 4.69) is 0 Å². The predicted octanol–water partition coefficient (Wildman–Crippen LogP) is 1.91. The summed E-state index contributed by atoms with van der Waals surface area (Å²) >= 11 is 5.87. The minimum atomic E-state index is -3.30. The quantitative estimate of drug-likeness (QED) is 0.902. The van der Waals surface area contributed by atoms with Gasteiger partial charge in [-0.15, -0.1) is 0 Å². The summed E-state index contributed by atoms with van der Waals surface area (Å²) in [6, 6.07) is 4.80. The second-order valence-electron chi connectivity index (χ2n) is 4.30. The number of hydrogen-bond donors (Lipinski definition) is 1. The zero-order chi connectivity index (χ0) is 12.0. The lowest BCUT2D eigenvalue weighted by atomic mass is 10.2. The molecule has 1 aromatic rings. The van der Waals surface area contributed by atoms with Gasteiger partial charge in [-0.25, -0.2) is 8.42 Å². The first-order valence-electron chi connectivity index (χ1n) is 5.14. The fourth-order valence-electron chi connectivity index (χ4n) is 1.76. The average Bonchev–Trinajstić information content (AvgIpc) is 3.02. The molecule has 1 saturated carbocycles. The van der Waals surface area contributed by atoms with Crippen LogP contribution in [0.2, 0.25) is 5.02 Å². The largest absolute Gasteiger partial charge is 0.329 e. The lowest BCUT2D eigenvalue weighted by Gasteiger charge is -2.14. The SMILES string of the molecule is Cc1cc(S(=O)(=O)C2(CN)CC2)ccc1Cl. The fourth-order valence-corrected chi connectivity index (χ4v) is 3.81. The van der Waals surface area contributed by atoms with Gasteiger partial charge in [0.1, 0.15) is 0 Å². The Morgan fingerprint density at radius 1 is 1.44 bits per heavy atom. The number of aryl methyl sites for hydroxylation is 1. The second kappa shape index (κ2) is 3.72. The maximum atomic E-state index is 12.3. The number of hydrogen-bond acceptors (Lipinski definition) is 3. The van der Waals surface area contributed by atoms with E-state index in [1.807, 2.05) is 0 Å². The van der Waals surface area contributed by atoms with Crippen molar-refractivity contribution in [2.24, 2.45) is 5.73 Å². The number of rotatable bonds is 3. The molecule has 1 fully saturated rings. The first-order valence-corrected chi connectivity index (χ1v) is 7.00. The molecule has 0 atom stereocenters. The van der Waals surface area contributed by atoms with Crippen molar-refractivity contribution >= 4 is 21.4 Å². The molecule has 88 valence electrons. The van der Waals surface area contributed by atoms with Crippen molar-refractivity contribution in [1.29, 1.82) is 0 Å². The number of sulfone groups is 1. The van der Waals surface area contributed by atoms with Gasteiger partial charge >= 0.3 is 0 Å². The summed E-state index contributed by atoms with van der Waals surface area (Å²) in [5, 5.41) is 0.580. The Bertz CT molecular complexity index is 521. The molecule has 5 heteroatoms. The first-order chi connectivity index (χ1) is 7.43. The molecule has 16 heavy (non-hydrogen) atoms. The van der Waals surface area contributed by atoms with Crippen LogP contribution in [-0.4, -0.2) is 19.7 Å². The van der Waals surface area contributed by atoms with Gasteiger partial charge in [0.15, 0.2) is 9.84 Å². The highest BCUT2D eigenvalue weighted by Crippen LogP contribution is 2.46. The number of benzene rings is 1. The van der Waals surface area contributed by atoms with Gasteiger partial charge in [0.2, 0.25) is 0 Å². The normalized spacial score (nSPS) is 18.4. The van der Waals surface area contributed by atoms with E-state index in [1.165, 1.54) is 0 Å². The Balaban J connectivity index is 2.48. The Morgan fingerprint density at radius 2 is 2.06 bits per heavy atom. The van der Waals surface area contributed by atoms with Gasteiger partial charge < -0.3 is 5.73 Å². The van der Waals surface area contributed by atoms with Gasteiger partial charge in [0, 0.05) is 11.6 Å². The Morgan fingerprint density at radius 3 is 2.50 bits per heavy atom. The second-order valence-corrected chi connectivity index (χ2v) is 7.05. The van der Waals surface area contributed by atoms with Crippen LogP contribution in [0.15, 0.2) is 23.1 Å². The van der Waals surface area contributed by atoms with Crippen molar-refractivity contribution in [3.05, 3.63) is 28.8 Å². The average molecular weight is 260 g/mol. The molecule has 0 radical (unpaired) electrons. The lowest BCUT2D eigenvalue weighted by molar-refractivity contribution is 0.577. The summed E-state index contributed by atoms with van der Waals surface area (Å²) < 4.78 is 23.9. The molecule has 0 amide bonds. The summed E-state index contributed by atoms with van der Waals surface area (Å²) in [4.78, 5) is 0.331. The van der Waals surface area contributed by atoms with Crippen LogP contribution in [0.25, 0.3) is 0 Å². The van der Waals surface area contributed by atoms with E-state index in [-0.39, 0.29) is 6.54 Å². The van der Waals surface area contributed by atoms with E-state index in [4.69, 9.17) is 17.3 Å². The monoisotopic (exact) mass is 259 g/mol. The Hall–Kier alpha value is -0.580. The molecule has 0 bridgehead atoms. The van der Waals surface area contributed by atoms with E-state index in [1.54, 1.807) is 25.1 Å². The number of nitrogens with two attached hydrogens (primary N) is 1. The molecule has 3 nitrogen and oxygen atoms in total. The standard InChI is InChI=1S/C11H14ClNO2S/c1-8-6-9(2-3-10(8)12)16(14,15)11(7-13)4-5-11/h2-3,6H,4-5,7,13H2,1H3. The van der Waals surface area contributed by atoms with Crippen molar-refractivity contribution in [3.8, 4) is 0 Å². The van der Waals surface area contributed by atoms with Crippen LogP contribution in [0, 0.1) is 6.92 Å². The summed E-state index contributed by atoms with van der Waals surface area (Å²) in [7, 11) is -3.30. The summed E-state index contributed by atoms with van der Waals surface area (Å²) in [5.74, 6) is 0. The third-order valence-electron chi connectivity index (χ3n) is 3.19. The fraction of sp³-hybridized carbons (Fsp3) is 0.455. The van der Waals surface area contributed by atoms with Crippen LogP contribution in [0.4, 0.5) is 0 Å². The molecule has 0 aliphatic heterocycles. The zero-order valence-electron chi connectivity index (χ0n) is 9.03. The van der Waals surface area contributed by atoms with E-state index in [0.29, 0.717) is 22.8 Å². The summed E-state index contributed by atoms with van der Waals surface area (Å²) in [6.45, 7) is 1.99. The molecular formula is C11H14ClNO2S. The van der Waals surface area contributed by atoms with Gasteiger partial charge in [-0.1, -0.05) is 11.6 Å². The molecule has 0 saturated heterocycles. The molecule has 1 aliphatic rings. The van der Waals surface area contributed by atoms with Crippen LogP contribution < -0.4 is 5.73 Å². The van der Waals surface area contributed by atoms with Crippen molar-refractivity contribution < 1.29 is 8.42 Å². The molecule has 0 spiro atoms. The summed E-state index contributed by atoms with van der Waals surface area (Å²) in [5.41, 5.74) is 6.33. The maximum absolute atomic E-state index is 12.3. The molecule has 0 heterocycles. The van der Waals surface area contributed by atoms with Gasteiger partial charge in [0.25, 0.3) is 0 Å². The van der Waals surface area contributed by atoms with E-state index >= 15 is 0 Å². The highest BCUT2D eigenvalue weighted by molar-refractivity contribution is 7.93. The highest BCUT2D eigenvalue weighted by Gasteiger charge is 2.53. The molecule has 1 aliphatic carbocycles. The molecular weight excluding hydrogens is 246 g/mol. The van der Waals surface area contributed by atoms with Gasteiger partial charge in [-0.3, -0.25) is 0 Å². The van der Waals surface area contributed by atoms with E-state index in [0.717, 1.165) is 5.56 Å². The van der Waals surface area contributed by atoms with Crippen LogP contribution in [-0.2, 0) is 9.84 Å². The van der Waals surface area contributed by atoms with E-state index < -0.39 is 14.6 Å². The van der Waals surface area contributed by atoms with Crippen molar-refractivity contribution in [2.75, 3.05) is 6.54 Å². The predicted molar refractivity (Wildman–Crippen MR) is 64.4 cm³/mol. The minimum absolute atomic E-state index is 0.191. The molecule has 1 aromatic carbocycles. The number of halogens is 1. The van der Waals surface area contributed by atoms with Gasteiger partial charge in [-0.05, 0) is 43.5 Å². The zero-order valence-corrected chi connectivity index (χ0v) is 10.6. The van der Waals surface area contributed by atoms with E-state index in [9.17, 15) is 8.42 Å². The first kappa shape index (κ1) is 11.9. The van der Waals surface area contributed by atoms with Crippen LogP contribution in [0.5, 0.6) is 0 Å². The van der Waals surface area contributed by atoms with Crippen molar-refractivity contribution in [1.82, 2.24) is 0 Å². The highest BCUT2D eigenvalue weighted by atomic mass is 35.5. The molecule has 0 aromatic heterocycles. The lowest BCUT2D eigenvalue weighted by Crippen LogP contribution is -2.31. The van der Waals surface area contributed by atoms with Crippen LogP contribution >= 0.6 is 11.6 Å². The maximum Gasteiger partial charge on any atom is 0.185 e. The van der Waals surface area contributed by atoms with Gasteiger partial charge in [0.05, 0.1) is 9.64 Å². The minimum Gasteiger partial charge on any atom is -0.329 e. The summed E-state index contributed by atoms with van der Waals surface area (Å²) in [6.07, 6.45) is 1.32. The Kier molecular flexibility index (Phi) is 2.77. The third kappa shape index (κ3) is 1.65. The van der Waals surface area contributed by atoms with Crippen LogP contribution in [0.1, 0.15) is 18.4 Å². The molecule has 2 N–H and O–H groups in total. The van der Waals surface area contributed by atoms with Crippen LogP contribution in [0.3, 0.4) is 0 Å². The van der Waals surface area contributed by atoms with Crippen molar-refractivity contribution in [2.45, 2.75) is 29.4 Å².